The normalized spacial score (nSPS) is 12.6. The van der Waals surface area contributed by atoms with Crippen LogP contribution in [0.25, 0.3) is 0 Å². The van der Waals surface area contributed by atoms with E-state index in [0.717, 1.165) is 20.3 Å². The van der Waals surface area contributed by atoms with Gasteiger partial charge in [0, 0.05) is 0 Å². The minimum atomic E-state index is -3.72. The smallest absolute Gasteiger partial charge is 0.241 e. The summed E-state index contributed by atoms with van der Waals surface area (Å²) in [6, 6.07) is 21.8. The Morgan fingerprint density at radius 3 is 2.15 bits per heavy atom. The maximum absolute atomic E-state index is 13.1. The van der Waals surface area contributed by atoms with Crippen LogP contribution in [0.2, 0.25) is 0 Å². The predicted molar refractivity (Wildman–Crippen MR) is 115 cm³/mol. The van der Waals surface area contributed by atoms with Crippen LogP contribution < -0.4 is 9.46 Å². The third-order valence-electron chi connectivity index (χ3n) is 4.25. The number of sulfonamides is 1. The van der Waals surface area contributed by atoms with Gasteiger partial charge in [0.05, 0.1) is 21.6 Å². The Morgan fingerprint density at radius 2 is 1.56 bits per heavy atom. The topological polar surface area (TPSA) is 55.4 Å². The molecule has 3 aromatic carbocycles. The molecular weight excluding hydrogens is 473 g/mol. The molecule has 1 atom stereocenters. The number of halogens is 1. The second-order valence-corrected chi connectivity index (χ2v) is 9.05. The first-order valence-corrected chi connectivity index (χ1v) is 10.9. The van der Waals surface area contributed by atoms with Gasteiger partial charge in [0.15, 0.2) is 0 Å². The fourth-order valence-electron chi connectivity index (χ4n) is 2.77. The van der Waals surface area contributed by atoms with Crippen molar-refractivity contribution in [3.63, 3.8) is 0 Å². The molecule has 1 unspecified atom stereocenters. The maximum Gasteiger partial charge on any atom is 0.241 e. The zero-order valence-corrected chi connectivity index (χ0v) is 18.0. The third kappa shape index (κ3) is 4.69. The lowest BCUT2D eigenvalue weighted by Gasteiger charge is -2.20. The summed E-state index contributed by atoms with van der Waals surface area (Å²) in [6.07, 6.45) is 0. The van der Waals surface area contributed by atoms with Gasteiger partial charge in [-0.25, -0.2) is 8.42 Å². The van der Waals surface area contributed by atoms with Gasteiger partial charge < -0.3 is 4.74 Å². The van der Waals surface area contributed by atoms with Crippen LogP contribution >= 0.6 is 22.6 Å². The van der Waals surface area contributed by atoms with Gasteiger partial charge in [0.1, 0.15) is 5.75 Å². The van der Waals surface area contributed by atoms with Crippen LogP contribution in [-0.4, -0.2) is 15.5 Å². The van der Waals surface area contributed by atoms with E-state index in [4.69, 9.17) is 4.74 Å². The number of benzene rings is 3. The number of hydrogen-bond donors (Lipinski definition) is 1. The molecule has 0 aromatic heterocycles. The SMILES string of the molecule is COc1ccc(S(=O)(=O)NC(c2ccccc2)c2ccc(C)cc2)cc1I. The van der Waals surface area contributed by atoms with Crippen molar-refractivity contribution in [3.8, 4) is 5.75 Å². The summed E-state index contributed by atoms with van der Waals surface area (Å²) >= 11 is 2.07. The largest absolute Gasteiger partial charge is 0.496 e. The standard InChI is InChI=1S/C21H20INO3S/c1-15-8-10-17(11-9-15)21(16-6-4-3-5-7-16)23-27(24,25)18-12-13-20(26-2)19(22)14-18/h3-14,21,23H,1-2H3. The highest BCUT2D eigenvalue weighted by atomic mass is 127. The van der Waals surface area contributed by atoms with Gasteiger partial charge in [0.2, 0.25) is 10.0 Å². The van der Waals surface area contributed by atoms with Crippen molar-refractivity contribution in [2.45, 2.75) is 17.9 Å². The summed E-state index contributed by atoms with van der Waals surface area (Å²) < 4.78 is 34.9. The van der Waals surface area contributed by atoms with E-state index in [-0.39, 0.29) is 4.90 Å². The number of ether oxygens (including phenoxy) is 1. The van der Waals surface area contributed by atoms with Gasteiger partial charge in [0.25, 0.3) is 0 Å². The second-order valence-electron chi connectivity index (χ2n) is 6.17. The molecule has 0 heterocycles. The van der Waals surface area contributed by atoms with E-state index in [2.05, 4.69) is 27.3 Å². The zero-order valence-electron chi connectivity index (χ0n) is 15.0. The second kappa shape index (κ2) is 8.41. The molecule has 1 N–H and O–H groups in total. The van der Waals surface area contributed by atoms with Gasteiger partial charge in [-0.15, -0.1) is 0 Å². The van der Waals surface area contributed by atoms with Gasteiger partial charge >= 0.3 is 0 Å². The number of hydrogen-bond acceptors (Lipinski definition) is 3. The Balaban J connectivity index is 2.00. The summed E-state index contributed by atoms with van der Waals surface area (Å²) in [4.78, 5) is 0.209. The van der Waals surface area contributed by atoms with E-state index < -0.39 is 16.1 Å². The molecule has 0 amide bonds. The Morgan fingerprint density at radius 1 is 0.926 bits per heavy atom. The van der Waals surface area contributed by atoms with E-state index in [1.807, 2.05) is 61.5 Å². The first-order valence-electron chi connectivity index (χ1n) is 8.38. The molecule has 0 saturated carbocycles. The monoisotopic (exact) mass is 493 g/mol. The molecule has 27 heavy (non-hydrogen) atoms. The predicted octanol–water partition coefficient (Wildman–Crippen LogP) is 4.68. The first kappa shape index (κ1) is 19.9. The summed E-state index contributed by atoms with van der Waals surface area (Å²) in [6.45, 7) is 2.00. The molecule has 0 saturated heterocycles. The van der Waals surface area contributed by atoms with Gasteiger partial charge in [-0.2, -0.15) is 4.72 Å². The Kier molecular flexibility index (Phi) is 6.18. The van der Waals surface area contributed by atoms with Crippen LogP contribution in [-0.2, 0) is 10.0 Å². The highest BCUT2D eigenvalue weighted by Crippen LogP contribution is 2.27. The van der Waals surface area contributed by atoms with Crippen molar-refractivity contribution in [3.05, 3.63) is 93.1 Å². The lowest BCUT2D eigenvalue weighted by molar-refractivity contribution is 0.411. The molecule has 0 fully saturated rings. The van der Waals surface area contributed by atoms with E-state index in [0.29, 0.717) is 5.75 Å². The van der Waals surface area contributed by atoms with Crippen LogP contribution in [0, 0.1) is 10.5 Å². The molecule has 0 aliphatic heterocycles. The van der Waals surface area contributed by atoms with Crippen LogP contribution in [0.15, 0.2) is 77.7 Å². The molecule has 0 aliphatic rings. The van der Waals surface area contributed by atoms with Crippen molar-refractivity contribution in [1.82, 2.24) is 4.72 Å². The number of methoxy groups -OCH3 is 1. The Hall–Kier alpha value is -1.90. The van der Waals surface area contributed by atoms with Crippen LogP contribution in [0.3, 0.4) is 0 Å². The average molecular weight is 493 g/mol. The highest BCUT2D eigenvalue weighted by Gasteiger charge is 2.23. The molecule has 0 bridgehead atoms. The summed E-state index contributed by atoms with van der Waals surface area (Å²) in [5.41, 5.74) is 2.89. The third-order valence-corrected chi connectivity index (χ3v) is 6.51. The number of aryl methyl sites for hydroxylation is 1. The molecule has 0 aliphatic carbocycles. The van der Waals surface area contributed by atoms with Crippen LogP contribution in [0.4, 0.5) is 0 Å². The zero-order chi connectivity index (χ0) is 19.4. The number of nitrogens with one attached hydrogen (secondary N) is 1. The van der Waals surface area contributed by atoms with Crippen molar-refractivity contribution >= 4 is 32.6 Å². The molecular formula is C21H20INO3S. The number of rotatable bonds is 6. The average Bonchev–Trinajstić information content (AvgIpc) is 2.67. The van der Waals surface area contributed by atoms with E-state index in [9.17, 15) is 8.42 Å². The molecule has 0 spiro atoms. The summed E-state index contributed by atoms with van der Waals surface area (Å²) in [5.74, 6) is 0.646. The van der Waals surface area contributed by atoms with Crippen LogP contribution in [0.5, 0.6) is 5.75 Å². The highest BCUT2D eigenvalue weighted by molar-refractivity contribution is 14.1. The molecule has 4 nitrogen and oxygen atoms in total. The van der Waals surface area contributed by atoms with Gasteiger partial charge in [-0.05, 0) is 58.8 Å². The molecule has 140 valence electrons. The van der Waals surface area contributed by atoms with E-state index >= 15 is 0 Å². The molecule has 0 radical (unpaired) electrons. The quantitative estimate of drug-likeness (QED) is 0.508. The van der Waals surface area contributed by atoms with Gasteiger partial charge in [-0.1, -0.05) is 60.2 Å². The fraction of sp³-hybridized carbons (Fsp3) is 0.143. The Labute approximate surface area is 173 Å². The lowest BCUT2D eigenvalue weighted by atomic mass is 9.99. The first-order chi connectivity index (χ1) is 12.9. The maximum atomic E-state index is 13.1. The van der Waals surface area contributed by atoms with Crippen LogP contribution in [0.1, 0.15) is 22.7 Å². The van der Waals surface area contributed by atoms with E-state index in [1.54, 1.807) is 25.3 Å². The lowest BCUT2D eigenvalue weighted by Crippen LogP contribution is -2.29. The minimum Gasteiger partial charge on any atom is -0.496 e. The van der Waals surface area contributed by atoms with E-state index in [1.165, 1.54) is 0 Å². The summed E-state index contributed by atoms with van der Waals surface area (Å²) in [7, 11) is -2.16. The van der Waals surface area contributed by atoms with Gasteiger partial charge in [-0.3, -0.25) is 0 Å². The molecule has 3 aromatic rings. The Bertz CT molecular complexity index is 1020. The molecule has 6 heteroatoms. The molecule has 3 rings (SSSR count). The summed E-state index contributed by atoms with van der Waals surface area (Å²) in [5, 5.41) is 0. The minimum absolute atomic E-state index is 0.209. The van der Waals surface area contributed by atoms with Crippen molar-refractivity contribution in [2.75, 3.05) is 7.11 Å². The van der Waals surface area contributed by atoms with Crippen molar-refractivity contribution in [2.24, 2.45) is 0 Å². The van der Waals surface area contributed by atoms with Crippen molar-refractivity contribution in [1.29, 1.82) is 0 Å². The van der Waals surface area contributed by atoms with Crippen molar-refractivity contribution < 1.29 is 13.2 Å². The fourth-order valence-corrected chi connectivity index (χ4v) is 4.96.